The Balaban J connectivity index is 2.38. The van der Waals surface area contributed by atoms with E-state index < -0.39 is 0 Å². The van der Waals surface area contributed by atoms with Crippen molar-refractivity contribution in [3.63, 3.8) is 0 Å². The summed E-state index contributed by atoms with van der Waals surface area (Å²) in [6.07, 6.45) is 2.78. The zero-order valence-electron chi connectivity index (χ0n) is 7.82. The first kappa shape index (κ1) is 8.74. The smallest absolute Gasteiger partial charge is 0.239 e. The molecule has 2 aromatic rings. The van der Waals surface area contributed by atoms with E-state index in [0.717, 1.165) is 11.0 Å². The van der Waals surface area contributed by atoms with E-state index in [1.165, 1.54) is 0 Å². The molecule has 2 rings (SSSR count). The number of para-hydroxylation sites is 2. The van der Waals surface area contributed by atoms with Crippen LogP contribution in [-0.4, -0.2) is 22.5 Å². The molecule has 0 aliphatic rings. The third-order valence-electron chi connectivity index (χ3n) is 2.04. The normalized spacial score (nSPS) is 10.4. The second-order valence-electron chi connectivity index (χ2n) is 2.96. The van der Waals surface area contributed by atoms with Crippen LogP contribution in [0.4, 0.5) is 0 Å². The fraction of sp³-hybridized carbons (Fsp3) is 0.200. The van der Waals surface area contributed by atoms with E-state index in [0.29, 0.717) is 0 Å². The highest BCUT2D eigenvalue weighted by Crippen LogP contribution is 2.10. The lowest BCUT2D eigenvalue weighted by molar-refractivity contribution is -0.121. The largest absolute Gasteiger partial charge is 0.358 e. The number of benzene rings is 1. The van der Waals surface area contributed by atoms with Gasteiger partial charge in [0.25, 0.3) is 0 Å². The van der Waals surface area contributed by atoms with Crippen LogP contribution in [0.2, 0.25) is 0 Å². The molecule has 1 radical (unpaired) electrons. The van der Waals surface area contributed by atoms with Crippen molar-refractivity contribution < 1.29 is 4.79 Å². The van der Waals surface area contributed by atoms with E-state index in [9.17, 15) is 4.79 Å². The molecule has 4 nitrogen and oxygen atoms in total. The molecule has 0 spiro atoms. The second-order valence-corrected chi connectivity index (χ2v) is 2.96. The van der Waals surface area contributed by atoms with Crippen LogP contribution >= 0.6 is 0 Å². The van der Waals surface area contributed by atoms with Crippen molar-refractivity contribution in [3.05, 3.63) is 30.6 Å². The second kappa shape index (κ2) is 3.49. The zero-order chi connectivity index (χ0) is 9.97. The van der Waals surface area contributed by atoms with Crippen molar-refractivity contribution in [2.45, 2.75) is 6.54 Å². The van der Waals surface area contributed by atoms with E-state index in [2.05, 4.69) is 16.6 Å². The Morgan fingerprint density at radius 3 is 3.14 bits per heavy atom. The molecule has 1 heterocycles. The number of fused-ring (bicyclic) bond motifs is 1. The van der Waals surface area contributed by atoms with Gasteiger partial charge in [0.15, 0.2) is 6.33 Å². The number of aromatic nitrogens is 2. The minimum atomic E-state index is -0.0515. The molecule has 0 aliphatic carbocycles. The number of imidazole rings is 1. The molecule has 0 atom stereocenters. The highest BCUT2D eigenvalue weighted by molar-refractivity contribution is 5.80. The highest BCUT2D eigenvalue weighted by Gasteiger charge is 2.04. The maximum Gasteiger partial charge on any atom is 0.239 e. The number of carbonyl (C=O) groups excluding carboxylic acids is 1. The Kier molecular flexibility index (Phi) is 2.18. The van der Waals surface area contributed by atoms with Gasteiger partial charge < -0.3 is 9.88 Å². The molecule has 0 saturated heterocycles. The van der Waals surface area contributed by atoms with Gasteiger partial charge in [-0.3, -0.25) is 4.79 Å². The van der Waals surface area contributed by atoms with Gasteiger partial charge in [0.2, 0.25) is 5.91 Å². The van der Waals surface area contributed by atoms with Crippen LogP contribution in [-0.2, 0) is 11.3 Å². The van der Waals surface area contributed by atoms with E-state index in [1.54, 1.807) is 11.6 Å². The zero-order valence-corrected chi connectivity index (χ0v) is 7.82. The summed E-state index contributed by atoms with van der Waals surface area (Å²) >= 11 is 0. The van der Waals surface area contributed by atoms with E-state index in [4.69, 9.17) is 0 Å². The number of hydrogen-bond acceptors (Lipinski definition) is 2. The molecule has 14 heavy (non-hydrogen) atoms. The Morgan fingerprint density at radius 1 is 1.57 bits per heavy atom. The Bertz CT molecular complexity index is 461. The Hall–Kier alpha value is -1.84. The van der Waals surface area contributed by atoms with Crippen LogP contribution in [0.1, 0.15) is 0 Å². The van der Waals surface area contributed by atoms with Gasteiger partial charge >= 0.3 is 0 Å². The van der Waals surface area contributed by atoms with Gasteiger partial charge in [-0.2, -0.15) is 0 Å². The number of hydrogen-bond donors (Lipinski definition) is 1. The minimum Gasteiger partial charge on any atom is -0.358 e. The van der Waals surface area contributed by atoms with E-state index >= 15 is 0 Å². The summed E-state index contributed by atoms with van der Waals surface area (Å²) in [6.45, 7) is 0.261. The number of carbonyl (C=O) groups is 1. The number of rotatable bonds is 2. The van der Waals surface area contributed by atoms with Crippen molar-refractivity contribution in [1.29, 1.82) is 0 Å². The SMILES string of the molecule is CNC(=O)Cn1[c]nc2ccccc21. The number of likely N-dealkylation sites (N-methyl/N-ethyl adjacent to an activating group) is 1. The van der Waals surface area contributed by atoms with Gasteiger partial charge in [-0.25, -0.2) is 4.98 Å². The first-order valence-electron chi connectivity index (χ1n) is 4.35. The molecule has 1 N–H and O–H groups in total. The summed E-state index contributed by atoms with van der Waals surface area (Å²) in [6, 6.07) is 7.64. The Morgan fingerprint density at radius 2 is 2.36 bits per heavy atom. The van der Waals surface area contributed by atoms with Crippen molar-refractivity contribution in [1.82, 2.24) is 14.9 Å². The third-order valence-corrected chi connectivity index (χ3v) is 2.04. The summed E-state index contributed by atoms with van der Waals surface area (Å²) < 4.78 is 1.70. The van der Waals surface area contributed by atoms with Gasteiger partial charge in [-0.1, -0.05) is 12.1 Å². The lowest BCUT2D eigenvalue weighted by Crippen LogP contribution is -2.23. The molecule has 4 heteroatoms. The molecule has 1 aromatic carbocycles. The quantitative estimate of drug-likeness (QED) is 0.749. The summed E-state index contributed by atoms with van der Waals surface area (Å²) in [7, 11) is 1.61. The lowest BCUT2D eigenvalue weighted by Gasteiger charge is -2.01. The number of nitrogens with zero attached hydrogens (tertiary/aromatic N) is 2. The van der Waals surface area contributed by atoms with Crippen molar-refractivity contribution in [3.8, 4) is 0 Å². The predicted octanol–water partition coefficient (Wildman–Crippen LogP) is 0.582. The molecule has 0 bridgehead atoms. The van der Waals surface area contributed by atoms with E-state index in [1.807, 2.05) is 24.3 Å². The molecule has 0 fully saturated rings. The molecule has 0 aliphatic heterocycles. The molecule has 0 unspecified atom stereocenters. The maximum absolute atomic E-state index is 11.1. The van der Waals surface area contributed by atoms with Crippen LogP contribution in [0.25, 0.3) is 11.0 Å². The van der Waals surface area contributed by atoms with E-state index in [-0.39, 0.29) is 12.5 Å². The van der Waals surface area contributed by atoms with Gasteiger partial charge in [-0.05, 0) is 12.1 Å². The van der Waals surface area contributed by atoms with Gasteiger partial charge in [0.05, 0.1) is 11.0 Å². The van der Waals surface area contributed by atoms with Crippen molar-refractivity contribution >= 4 is 16.9 Å². The van der Waals surface area contributed by atoms with Crippen LogP contribution < -0.4 is 5.32 Å². The Labute approximate surface area is 81.6 Å². The monoisotopic (exact) mass is 188 g/mol. The van der Waals surface area contributed by atoms with Crippen LogP contribution in [0.3, 0.4) is 0 Å². The average molecular weight is 188 g/mol. The summed E-state index contributed by atoms with van der Waals surface area (Å²) in [5, 5.41) is 2.56. The number of amides is 1. The fourth-order valence-corrected chi connectivity index (χ4v) is 1.30. The highest BCUT2D eigenvalue weighted by atomic mass is 16.1. The average Bonchev–Trinajstić information content (AvgIpc) is 2.62. The lowest BCUT2D eigenvalue weighted by atomic mass is 10.3. The molecule has 1 amide bonds. The molecule has 0 saturated carbocycles. The minimum absolute atomic E-state index is 0.0515. The molecular weight excluding hydrogens is 178 g/mol. The van der Waals surface area contributed by atoms with Gasteiger partial charge in [0.1, 0.15) is 6.54 Å². The van der Waals surface area contributed by atoms with Crippen molar-refractivity contribution in [2.24, 2.45) is 0 Å². The first-order valence-corrected chi connectivity index (χ1v) is 4.35. The third kappa shape index (κ3) is 1.46. The molecule has 71 valence electrons. The summed E-state index contributed by atoms with van der Waals surface area (Å²) in [5.74, 6) is -0.0515. The van der Waals surface area contributed by atoms with Gasteiger partial charge in [-0.15, -0.1) is 0 Å². The van der Waals surface area contributed by atoms with Crippen LogP contribution in [0, 0.1) is 6.33 Å². The molecule has 1 aromatic heterocycles. The standard InChI is InChI=1S/C10H10N3O/c1-11-10(14)6-13-7-12-8-4-2-3-5-9(8)13/h2-5H,6H2,1H3,(H,11,14). The fourth-order valence-electron chi connectivity index (χ4n) is 1.30. The summed E-state index contributed by atoms with van der Waals surface area (Å²) in [5.41, 5.74) is 1.78. The predicted molar refractivity (Wildman–Crippen MR) is 52.6 cm³/mol. The van der Waals surface area contributed by atoms with Crippen LogP contribution in [0.5, 0.6) is 0 Å². The van der Waals surface area contributed by atoms with Crippen LogP contribution in [0.15, 0.2) is 24.3 Å². The van der Waals surface area contributed by atoms with Crippen molar-refractivity contribution in [2.75, 3.05) is 7.05 Å². The van der Waals surface area contributed by atoms with Gasteiger partial charge in [0, 0.05) is 7.05 Å². The number of nitrogens with one attached hydrogen (secondary N) is 1. The maximum atomic E-state index is 11.1. The topological polar surface area (TPSA) is 46.9 Å². The molecular formula is C10H10N3O. The summed E-state index contributed by atoms with van der Waals surface area (Å²) in [4.78, 5) is 15.2. The first-order chi connectivity index (χ1) is 6.81.